The number of alkyl halides is 1. The van der Waals surface area contributed by atoms with Gasteiger partial charge in [0.25, 0.3) is 0 Å². The van der Waals surface area contributed by atoms with E-state index in [1.807, 2.05) is 28.7 Å². The van der Waals surface area contributed by atoms with Crippen LogP contribution in [0.1, 0.15) is 39.0 Å². The standard InChI is InChI=1S/C16H20INO5/c1-11(19)5-6-14(20)7-8-23-16(22)12-3-2-4-13(9-12)18-15(21)10-17/h4,9H,2-3,5-8,10H2,1H3,(H,18,21). The third-order valence-electron chi connectivity index (χ3n) is 3.14. The minimum atomic E-state index is -0.473. The number of carbonyl (C=O) groups excluding carboxylic acids is 4. The number of ketones is 2. The van der Waals surface area contributed by atoms with Crippen LogP contribution in [-0.4, -0.2) is 34.5 Å². The fraction of sp³-hybridized carbons (Fsp3) is 0.500. The van der Waals surface area contributed by atoms with Crippen molar-refractivity contribution >= 4 is 46.0 Å². The van der Waals surface area contributed by atoms with Crippen molar-refractivity contribution in [1.29, 1.82) is 0 Å². The zero-order chi connectivity index (χ0) is 17.2. The van der Waals surface area contributed by atoms with Gasteiger partial charge in [0.15, 0.2) is 0 Å². The van der Waals surface area contributed by atoms with E-state index >= 15 is 0 Å². The summed E-state index contributed by atoms with van der Waals surface area (Å²) < 4.78 is 5.42. The number of amides is 1. The van der Waals surface area contributed by atoms with Gasteiger partial charge in [-0.25, -0.2) is 4.79 Å². The molecule has 23 heavy (non-hydrogen) atoms. The Morgan fingerprint density at radius 3 is 2.61 bits per heavy atom. The van der Waals surface area contributed by atoms with E-state index in [9.17, 15) is 19.2 Å². The van der Waals surface area contributed by atoms with Crippen molar-refractivity contribution in [3.8, 4) is 0 Å². The number of rotatable bonds is 9. The number of hydrogen-bond acceptors (Lipinski definition) is 5. The van der Waals surface area contributed by atoms with E-state index in [4.69, 9.17) is 4.74 Å². The highest BCUT2D eigenvalue weighted by atomic mass is 127. The molecule has 1 amide bonds. The van der Waals surface area contributed by atoms with Gasteiger partial charge in [-0.2, -0.15) is 0 Å². The lowest BCUT2D eigenvalue weighted by Crippen LogP contribution is -2.24. The molecule has 0 fully saturated rings. The summed E-state index contributed by atoms with van der Waals surface area (Å²) in [7, 11) is 0. The fourth-order valence-electron chi connectivity index (χ4n) is 1.94. The minimum absolute atomic E-state index is 0.00602. The monoisotopic (exact) mass is 433 g/mol. The molecule has 0 spiro atoms. The van der Waals surface area contributed by atoms with Crippen LogP contribution in [0.25, 0.3) is 0 Å². The van der Waals surface area contributed by atoms with Gasteiger partial charge in [-0.1, -0.05) is 28.7 Å². The molecule has 7 heteroatoms. The second kappa shape index (κ2) is 10.3. The van der Waals surface area contributed by atoms with Crippen LogP contribution in [0, 0.1) is 0 Å². The van der Waals surface area contributed by atoms with E-state index in [1.165, 1.54) is 6.92 Å². The summed E-state index contributed by atoms with van der Waals surface area (Å²) in [5.74, 6) is -0.728. The van der Waals surface area contributed by atoms with Crippen LogP contribution in [-0.2, 0) is 23.9 Å². The second-order valence-electron chi connectivity index (χ2n) is 5.18. The SMILES string of the molecule is CC(=O)CCC(=O)CCOC(=O)C1=CC(NC(=O)CI)=CCC1. The second-order valence-corrected chi connectivity index (χ2v) is 5.94. The van der Waals surface area contributed by atoms with E-state index in [0.717, 1.165) is 0 Å². The molecule has 0 radical (unpaired) electrons. The summed E-state index contributed by atoms with van der Waals surface area (Å²) >= 11 is 1.96. The lowest BCUT2D eigenvalue weighted by atomic mass is 10.0. The van der Waals surface area contributed by atoms with E-state index in [2.05, 4.69) is 5.32 Å². The van der Waals surface area contributed by atoms with Gasteiger partial charge in [0.1, 0.15) is 11.6 Å². The smallest absolute Gasteiger partial charge is 0.334 e. The summed E-state index contributed by atoms with van der Waals surface area (Å²) in [6.45, 7) is 1.44. The Hall–Kier alpha value is -1.51. The van der Waals surface area contributed by atoms with Gasteiger partial charge < -0.3 is 14.8 Å². The largest absolute Gasteiger partial charge is 0.462 e. The van der Waals surface area contributed by atoms with Crippen molar-refractivity contribution in [2.45, 2.75) is 39.0 Å². The Bertz CT molecular complexity index is 551. The van der Waals surface area contributed by atoms with Gasteiger partial charge in [-0.15, -0.1) is 0 Å². The molecular weight excluding hydrogens is 413 g/mol. The normalized spacial score (nSPS) is 13.7. The number of ether oxygens (including phenoxy) is 1. The van der Waals surface area contributed by atoms with Crippen LogP contribution in [0.2, 0.25) is 0 Å². The lowest BCUT2D eigenvalue weighted by molar-refractivity contribution is -0.140. The molecule has 6 nitrogen and oxygen atoms in total. The quantitative estimate of drug-likeness (QED) is 0.342. The van der Waals surface area contributed by atoms with Crippen molar-refractivity contribution in [3.05, 3.63) is 23.4 Å². The van der Waals surface area contributed by atoms with Gasteiger partial charge in [0, 0.05) is 30.5 Å². The summed E-state index contributed by atoms with van der Waals surface area (Å²) in [4.78, 5) is 45.6. The van der Waals surface area contributed by atoms with Gasteiger partial charge >= 0.3 is 5.97 Å². The Balaban J connectivity index is 2.39. The molecule has 1 aliphatic carbocycles. The predicted octanol–water partition coefficient (Wildman–Crippen LogP) is 2.01. The van der Waals surface area contributed by atoms with Crippen molar-refractivity contribution in [1.82, 2.24) is 5.32 Å². The third-order valence-corrected chi connectivity index (χ3v) is 3.84. The Labute approximate surface area is 148 Å². The molecule has 1 rings (SSSR count). The van der Waals surface area contributed by atoms with Crippen molar-refractivity contribution in [2.75, 3.05) is 11.0 Å². The van der Waals surface area contributed by atoms with Crippen molar-refractivity contribution < 1.29 is 23.9 Å². The molecule has 0 saturated carbocycles. The van der Waals surface area contributed by atoms with Crippen LogP contribution in [0.15, 0.2) is 23.4 Å². The van der Waals surface area contributed by atoms with Crippen LogP contribution in [0.4, 0.5) is 0 Å². The summed E-state index contributed by atoms with van der Waals surface area (Å²) in [5.41, 5.74) is 1.08. The molecule has 0 aliphatic heterocycles. The first kappa shape index (κ1) is 19.5. The first-order valence-electron chi connectivity index (χ1n) is 7.37. The maximum absolute atomic E-state index is 11.9. The average molecular weight is 433 g/mol. The van der Waals surface area contributed by atoms with Crippen LogP contribution in [0.5, 0.6) is 0 Å². The number of hydrogen-bond donors (Lipinski definition) is 1. The average Bonchev–Trinajstić information content (AvgIpc) is 2.52. The highest BCUT2D eigenvalue weighted by Gasteiger charge is 2.16. The molecule has 0 aromatic carbocycles. The number of nitrogens with one attached hydrogen (secondary N) is 1. The number of allylic oxidation sites excluding steroid dienone is 2. The molecule has 0 saturated heterocycles. The zero-order valence-electron chi connectivity index (χ0n) is 13.0. The van der Waals surface area contributed by atoms with Crippen molar-refractivity contribution in [2.24, 2.45) is 0 Å². The van der Waals surface area contributed by atoms with Crippen LogP contribution >= 0.6 is 22.6 Å². The van der Waals surface area contributed by atoms with Gasteiger partial charge in [-0.3, -0.25) is 9.59 Å². The van der Waals surface area contributed by atoms with Gasteiger partial charge in [-0.05, 0) is 25.8 Å². The Morgan fingerprint density at radius 1 is 1.22 bits per heavy atom. The Morgan fingerprint density at radius 2 is 1.96 bits per heavy atom. The first-order valence-corrected chi connectivity index (χ1v) is 8.89. The topological polar surface area (TPSA) is 89.5 Å². The molecule has 0 aromatic heterocycles. The van der Waals surface area contributed by atoms with E-state index in [0.29, 0.717) is 28.5 Å². The first-order chi connectivity index (χ1) is 10.9. The molecule has 1 aliphatic rings. The maximum Gasteiger partial charge on any atom is 0.334 e. The van der Waals surface area contributed by atoms with Crippen LogP contribution in [0.3, 0.4) is 0 Å². The number of Topliss-reactive ketones (excluding diaryl/α,β-unsaturated/α-hetero) is 2. The molecule has 0 aromatic rings. The number of halogens is 1. The van der Waals surface area contributed by atoms with E-state index in [1.54, 1.807) is 6.08 Å². The molecule has 0 bridgehead atoms. The number of carbonyl (C=O) groups is 4. The third kappa shape index (κ3) is 8.06. The van der Waals surface area contributed by atoms with E-state index < -0.39 is 5.97 Å². The highest BCUT2D eigenvalue weighted by Crippen LogP contribution is 2.17. The molecule has 0 heterocycles. The van der Waals surface area contributed by atoms with Crippen molar-refractivity contribution in [3.63, 3.8) is 0 Å². The van der Waals surface area contributed by atoms with Gasteiger partial charge in [0.2, 0.25) is 5.91 Å². The molecular formula is C16H20INO5. The number of esters is 1. The molecule has 1 N–H and O–H groups in total. The predicted molar refractivity (Wildman–Crippen MR) is 92.9 cm³/mol. The molecule has 126 valence electrons. The van der Waals surface area contributed by atoms with Crippen LogP contribution < -0.4 is 5.32 Å². The summed E-state index contributed by atoms with van der Waals surface area (Å²) in [5, 5.41) is 2.70. The van der Waals surface area contributed by atoms with E-state index in [-0.39, 0.29) is 43.3 Å². The van der Waals surface area contributed by atoms with Gasteiger partial charge in [0.05, 0.1) is 11.0 Å². The molecule has 0 atom stereocenters. The maximum atomic E-state index is 11.9. The minimum Gasteiger partial charge on any atom is -0.462 e. The molecule has 0 unspecified atom stereocenters. The zero-order valence-corrected chi connectivity index (χ0v) is 15.2. The lowest BCUT2D eigenvalue weighted by Gasteiger charge is -2.14. The fourth-order valence-corrected chi connectivity index (χ4v) is 2.13. The highest BCUT2D eigenvalue weighted by molar-refractivity contribution is 14.1. The summed E-state index contributed by atoms with van der Waals surface area (Å²) in [6, 6.07) is 0. The Kier molecular flexibility index (Phi) is 8.75. The summed E-state index contributed by atoms with van der Waals surface area (Å²) in [6.07, 6.45) is 5.17.